The summed E-state index contributed by atoms with van der Waals surface area (Å²) in [6.45, 7) is 0. The van der Waals surface area contributed by atoms with Gasteiger partial charge in [0.25, 0.3) is 11.8 Å². The van der Waals surface area contributed by atoms with Gasteiger partial charge in [-0.2, -0.15) is 0 Å². The molecule has 3 rings (SSSR count). The normalized spacial score (nSPS) is 13.6. The number of carbonyl (C=O) groups excluding carboxylic acids is 2. The zero-order chi connectivity index (χ0) is 14.3. The Hall–Kier alpha value is -1.89. The molecule has 1 aliphatic heterocycles. The number of hydrogen-bond acceptors (Lipinski definition) is 3. The molecule has 2 amide bonds. The minimum absolute atomic E-state index is 0.284. The number of ether oxygens (including phenoxy) is 1. The Balaban J connectivity index is 2.09. The van der Waals surface area contributed by atoms with Crippen LogP contribution in [0.25, 0.3) is 0 Å². The van der Waals surface area contributed by atoms with Crippen LogP contribution in [0.5, 0.6) is 5.75 Å². The second kappa shape index (κ2) is 4.90. The molecule has 100 valence electrons. The second-order valence-electron chi connectivity index (χ2n) is 4.31. The molecule has 2 aromatic carbocycles. The van der Waals surface area contributed by atoms with Gasteiger partial charge in [0.05, 0.1) is 23.9 Å². The first-order valence-electron chi connectivity index (χ1n) is 5.95. The lowest BCUT2D eigenvalue weighted by atomic mass is 10.1. The first kappa shape index (κ1) is 13.1. The molecule has 0 saturated carbocycles. The summed E-state index contributed by atoms with van der Waals surface area (Å²) in [6, 6.07) is 12.1. The molecule has 1 aliphatic rings. The first-order valence-corrected chi connectivity index (χ1v) is 7.02. The lowest BCUT2D eigenvalue weighted by Crippen LogP contribution is -2.30. The highest BCUT2D eigenvalue weighted by molar-refractivity contribution is 14.1. The Bertz CT molecular complexity index is 692. The van der Waals surface area contributed by atoms with E-state index in [1.165, 1.54) is 4.90 Å². The van der Waals surface area contributed by atoms with E-state index in [1.807, 2.05) is 0 Å². The third kappa shape index (κ3) is 1.89. The van der Waals surface area contributed by atoms with E-state index in [0.717, 1.165) is 3.57 Å². The van der Waals surface area contributed by atoms with Crippen molar-refractivity contribution in [1.29, 1.82) is 0 Å². The van der Waals surface area contributed by atoms with Crippen molar-refractivity contribution in [2.75, 3.05) is 12.0 Å². The highest BCUT2D eigenvalue weighted by atomic mass is 127. The number of nitrogens with zero attached hydrogens (tertiary/aromatic N) is 1. The number of carbonyl (C=O) groups is 2. The average Bonchev–Trinajstić information content (AvgIpc) is 2.72. The van der Waals surface area contributed by atoms with E-state index in [2.05, 4.69) is 22.6 Å². The van der Waals surface area contributed by atoms with Crippen LogP contribution >= 0.6 is 22.6 Å². The number of halogens is 1. The number of imide groups is 1. The number of anilines is 1. The Labute approximate surface area is 129 Å². The molecule has 0 saturated heterocycles. The zero-order valence-corrected chi connectivity index (χ0v) is 12.7. The van der Waals surface area contributed by atoms with E-state index >= 15 is 0 Å². The number of amides is 2. The van der Waals surface area contributed by atoms with Gasteiger partial charge in [0.15, 0.2) is 0 Å². The van der Waals surface area contributed by atoms with Crippen LogP contribution < -0.4 is 9.64 Å². The Morgan fingerprint density at radius 2 is 1.60 bits per heavy atom. The minimum atomic E-state index is -0.284. The molecule has 2 aromatic rings. The maximum Gasteiger partial charge on any atom is 0.266 e. The van der Waals surface area contributed by atoms with Gasteiger partial charge in [-0.05, 0) is 52.9 Å². The van der Waals surface area contributed by atoms with E-state index in [9.17, 15) is 9.59 Å². The molecule has 1 heterocycles. The maximum absolute atomic E-state index is 12.4. The van der Waals surface area contributed by atoms with Crippen LogP contribution in [0.4, 0.5) is 5.69 Å². The molecule has 0 aromatic heterocycles. The first-order chi connectivity index (χ1) is 9.63. The monoisotopic (exact) mass is 379 g/mol. The summed E-state index contributed by atoms with van der Waals surface area (Å²) in [5.41, 5.74) is 1.48. The van der Waals surface area contributed by atoms with Crippen molar-refractivity contribution in [2.24, 2.45) is 0 Å². The summed E-state index contributed by atoms with van der Waals surface area (Å²) < 4.78 is 5.92. The molecule has 0 fully saturated rings. The van der Waals surface area contributed by atoms with Crippen molar-refractivity contribution in [1.82, 2.24) is 0 Å². The molecular formula is C15H10INO3. The van der Waals surface area contributed by atoms with Crippen LogP contribution in [0, 0.1) is 3.57 Å². The molecule has 0 unspecified atom stereocenters. The SMILES string of the molecule is COc1ccc(N2C(=O)c3ccccc3C2=O)c(I)c1. The van der Waals surface area contributed by atoms with E-state index in [4.69, 9.17) is 4.74 Å². The largest absolute Gasteiger partial charge is 0.497 e. The standard InChI is InChI=1S/C15H10INO3/c1-20-9-6-7-13(12(16)8-9)17-14(18)10-4-2-3-5-11(10)15(17)19/h2-8H,1H3. The molecular weight excluding hydrogens is 369 g/mol. The maximum atomic E-state index is 12.4. The molecule has 0 bridgehead atoms. The molecule has 4 nitrogen and oxygen atoms in total. The minimum Gasteiger partial charge on any atom is -0.497 e. The van der Waals surface area contributed by atoms with Gasteiger partial charge in [0, 0.05) is 3.57 Å². The fourth-order valence-electron chi connectivity index (χ4n) is 2.20. The number of benzene rings is 2. The van der Waals surface area contributed by atoms with Gasteiger partial charge in [-0.25, -0.2) is 4.90 Å². The van der Waals surface area contributed by atoms with Gasteiger partial charge < -0.3 is 4.74 Å². The van der Waals surface area contributed by atoms with Crippen molar-refractivity contribution in [2.45, 2.75) is 0 Å². The summed E-state index contributed by atoms with van der Waals surface area (Å²) in [5, 5.41) is 0. The average molecular weight is 379 g/mol. The predicted molar refractivity (Wildman–Crippen MR) is 83.3 cm³/mol. The van der Waals surface area contributed by atoms with E-state index in [-0.39, 0.29) is 11.8 Å². The summed E-state index contributed by atoms with van der Waals surface area (Å²) in [6.07, 6.45) is 0. The van der Waals surface area contributed by atoms with Crippen LogP contribution in [0.1, 0.15) is 20.7 Å². The van der Waals surface area contributed by atoms with Crippen LogP contribution in [0.2, 0.25) is 0 Å². The van der Waals surface area contributed by atoms with Crippen molar-refractivity contribution in [3.8, 4) is 5.75 Å². The van der Waals surface area contributed by atoms with Crippen molar-refractivity contribution in [3.05, 3.63) is 57.2 Å². The smallest absolute Gasteiger partial charge is 0.266 e. The molecule has 20 heavy (non-hydrogen) atoms. The zero-order valence-electron chi connectivity index (χ0n) is 10.6. The van der Waals surface area contributed by atoms with E-state index in [1.54, 1.807) is 49.6 Å². The van der Waals surface area contributed by atoms with Gasteiger partial charge in [-0.15, -0.1) is 0 Å². The number of methoxy groups -OCH3 is 1. The summed E-state index contributed by atoms with van der Waals surface area (Å²) in [4.78, 5) is 26.0. The summed E-state index contributed by atoms with van der Waals surface area (Å²) in [5.74, 6) is 0.122. The molecule has 0 spiro atoms. The quantitative estimate of drug-likeness (QED) is 0.595. The Morgan fingerprint density at radius 1 is 1.00 bits per heavy atom. The summed E-state index contributed by atoms with van der Waals surface area (Å²) in [7, 11) is 1.58. The molecule has 0 aliphatic carbocycles. The number of fused-ring (bicyclic) bond motifs is 1. The van der Waals surface area contributed by atoms with Gasteiger partial charge in [-0.3, -0.25) is 9.59 Å². The number of hydrogen-bond donors (Lipinski definition) is 0. The van der Waals surface area contributed by atoms with Gasteiger partial charge in [-0.1, -0.05) is 12.1 Å². The third-order valence-corrected chi connectivity index (χ3v) is 4.05. The van der Waals surface area contributed by atoms with Crippen LogP contribution in [0.15, 0.2) is 42.5 Å². The van der Waals surface area contributed by atoms with Crippen molar-refractivity contribution in [3.63, 3.8) is 0 Å². The van der Waals surface area contributed by atoms with Gasteiger partial charge >= 0.3 is 0 Å². The van der Waals surface area contributed by atoms with Gasteiger partial charge in [0.1, 0.15) is 5.75 Å². The third-order valence-electron chi connectivity index (χ3n) is 3.19. The molecule has 5 heteroatoms. The Morgan fingerprint density at radius 3 is 2.10 bits per heavy atom. The topological polar surface area (TPSA) is 46.6 Å². The molecule has 0 radical (unpaired) electrons. The Kier molecular flexibility index (Phi) is 3.21. The van der Waals surface area contributed by atoms with Crippen LogP contribution in [-0.2, 0) is 0 Å². The lowest BCUT2D eigenvalue weighted by Gasteiger charge is -2.16. The van der Waals surface area contributed by atoms with Crippen molar-refractivity contribution >= 4 is 40.1 Å². The van der Waals surface area contributed by atoms with Crippen LogP contribution in [0.3, 0.4) is 0 Å². The molecule has 0 N–H and O–H groups in total. The number of rotatable bonds is 2. The van der Waals surface area contributed by atoms with Crippen LogP contribution in [-0.4, -0.2) is 18.9 Å². The van der Waals surface area contributed by atoms with E-state index in [0.29, 0.717) is 22.6 Å². The van der Waals surface area contributed by atoms with Crippen molar-refractivity contribution < 1.29 is 14.3 Å². The van der Waals surface area contributed by atoms with E-state index < -0.39 is 0 Å². The second-order valence-corrected chi connectivity index (χ2v) is 5.47. The van der Waals surface area contributed by atoms with Gasteiger partial charge in [0.2, 0.25) is 0 Å². The highest BCUT2D eigenvalue weighted by Crippen LogP contribution is 2.33. The predicted octanol–water partition coefficient (Wildman–Crippen LogP) is 3.10. The fraction of sp³-hybridized carbons (Fsp3) is 0.0667. The molecule has 0 atom stereocenters. The highest BCUT2D eigenvalue weighted by Gasteiger charge is 2.37. The lowest BCUT2D eigenvalue weighted by molar-refractivity contribution is 0.0926. The fourth-order valence-corrected chi connectivity index (χ4v) is 2.93. The summed E-state index contributed by atoms with van der Waals surface area (Å²) >= 11 is 2.09.